The highest BCUT2D eigenvalue weighted by molar-refractivity contribution is 6.30. The Morgan fingerprint density at radius 2 is 1.20 bits per heavy atom. The van der Waals surface area contributed by atoms with Crippen molar-refractivity contribution in [3.8, 4) is 0 Å². The Hall–Kier alpha value is -4.54. The van der Waals surface area contributed by atoms with Gasteiger partial charge in [0.2, 0.25) is 0 Å². The second-order valence-corrected chi connectivity index (χ2v) is 15.0. The van der Waals surface area contributed by atoms with Crippen molar-refractivity contribution < 1.29 is 33.8 Å². The van der Waals surface area contributed by atoms with Crippen LogP contribution in [0.4, 0.5) is 21.2 Å². The van der Waals surface area contributed by atoms with Gasteiger partial charge in [0.15, 0.2) is 17.1 Å². The lowest BCUT2D eigenvalue weighted by atomic mass is 10.1. The minimum absolute atomic E-state index is 0.00172. The van der Waals surface area contributed by atoms with Crippen molar-refractivity contribution in [1.82, 2.24) is 29.2 Å². The number of aromatic carboxylic acids is 1. The average Bonchev–Trinajstić information content (AvgIpc) is 3.91. The monoisotopic (exact) mass is 747 g/mol. The molecule has 0 unspecified atom stereocenters. The van der Waals surface area contributed by atoms with E-state index >= 15 is 0 Å². The molecule has 0 aliphatic heterocycles. The summed E-state index contributed by atoms with van der Waals surface area (Å²) >= 11 is 12.0. The summed E-state index contributed by atoms with van der Waals surface area (Å²) in [7, 11) is 3.04. The fourth-order valence-corrected chi connectivity index (χ4v) is 4.66. The first-order valence-electron chi connectivity index (χ1n) is 16.2. The number of hydrogen-bond donors (Lipinski definition) is 2. The molecule has 0 radical (unpaired) electrons. The standard InChI is InChI=1S/C17H21ClN4O3.C13H15ClN4O4.C3H7N/c1-17(2,3)25-16(24)21(4)14-8-13(18)20-15-11(9-19-22(14)15)12(23)7-10-5-6-10;1-13(2,3)22-12(21)17(4)9-5-8(14)16-10-7(11(19)20)6-15-18(9)10;4-3-1-2-3/h8-10H,5-7H2,1-4H3;5-6H,1-4H3,(H,19,20);3H,1-2,4H2. The van der Waals surface area contributed by atoms with E-state index in [1.165, 1.54) is 57.0 Å². The van der Waals surface area contributed by atoms with Gasteiger partial charge in [-0.1, -0.05) is 23.2 Å². The Morgan fingerprint density at radius 1 is 0.804 bits per heavy atom. The number of carbonyl (C=O) groups is 4. The lowest BCUT2D eigenvalue weighted by Gasteiger charge is -2.24. The number of halogens is 2. The van der Waals surface area contributed by atoms with Crippen LogP contribution in [0.1, 0.15) is 94.4 Å². The minimum Gasteiger partial charge on any atom is -0.477 e. The molecule has 4 aromatic heterocycles. The van der Waals surface area contributed by atoms with Crippen LogP contribution in [0.5, 0.6) is 0 Å². The van der Waals surface area contributed by atoms with Gasteiger partial charge in [0.25, 0.3) is 0 Å². The van der Waals surface area contributed by atoms with Crippen molar-refractivity contribution in [3.05, 3.63) is 46.0 Å². The number of rotatable bonds is 6. The predicted molar refractivity (Wildman–Crippen MR) is 191 cm³/mol. The number of carbonyl (C=O) groups excluding carboxylic acids is 3. The molecule has 2 fully saturated rings. The molecule has 0 aromatic carbocycles. The van der Waals surface area contributed by atoms with Crippen LogP contribution in [0.2, 0.25) is 10.3 Å². The zero-order valence-electron chi connectivity index (χ0n) is 29.8. The van der Waals surface area contributed by atoms with Gasteiger partial charge in [-0.15, -0.1) is 0 Å². The maximum Gasteiger partial charge on any atom is 0.415 e. The summed E-state index contributed by atoms with van der Waals surface area (Å²) in [6.07, 6.45) is 6.66. The quantitative estimate of drug-likeness (QED) is 0.165. The molecule has 2 aliphatic rings. The lowest BCUT2D eigenvalue weighted by Crippen LogP contribution is -2.35. The van der Waals surface area contributed by atoms with E-state index in [1.807, 2.05) is 0 Å². The number of amides is 2. The van der Waals surface area contributed by atoms with Crippen LogP contribution in [0.25, 0.3) is 11.3 Å². The Bertz CT molecular complexity index is 1940. The summed E-state index contributed by atoms with van der Waals surface area (Å²) < 4.78 is 13.3. The van der Waals surface area contributed by atoms with Crippen LogP contribution in [0.15, 0.2) is 24.5 Å². The summed E-state index contributed by atoms with van der Waals surface area (Å²) in [6.45, 7) is 10.6. The molecule has 4 aromatic rings. The SMILES string of the molecule is CN(C(=O)OC(C)(C)C)c1cc(Cl)nc2c(C(=O)CC3CC3)cnn12.CN(C(=O)OC(C)(C)C)c1cc(Cl)nc2c(C(=O)O)cnn12.NC1CC1. The molecule has 51 heavy (non-hydrogen) atoms. The fourth-order valence-electron chi connectivity index (χ4n) is 4.30. The van der Waals surface area contributed by atoms with Gasteiger partial charge < -0.3 is 20.3 Å². The third-order valence-corrected chi connectivity index (χ3v) is 7.58. The number of Topliss-reactive ketones (excluding diaryl/α,β-unsaturated/α-hetero) is 1. The highest BCUT2D eigenvalue weighted by Crippen LogP contribution is 2.34. The van der Waals surface area contributed by atoms with Gasteiger partial charge in [-0.3, -0.25) is 14.6 Å². The molecule has 16 nitrogen and oxygen atoms in total. The van der Waals surface area contributed by atoms with Crippen LogP contribution >= 0.6 is 23.2 Å². The number of nitrogens with two attached hydrogens (primary N) is 1. The number of nitrogens with zero attached hydrogens (tertiary/aromatic N) is 8. The zero-order chi connectivity index (χ0) is 38.0. The van der Waals surface area contributed by atoms with Crippen molar-refractivity contribution in [1.29, 1.82) is 0 Å². The maximum absolute atomic E-state index is 12.4. The number of carboxylic acids is 1. The van der Waals surface area contributed by atoms with Crippen molar-refractivity contribution in [3.63, 3.8) is 0 Å². The summed E-state index contributed by atoms with van der Waals surface area (Å²) in [5.41, 5.74) is 4.64. The zero-order valence-corrected chi connectivity index (χ0v) is 31.3. The second kappa shape index (κ2) is 15.4. The molecular weight excluding hydrogens is 705 g/mol. The maximum atomic E-state index is 12.4. The Morgan fingerprint density at radius 3 is 1.55 bits per heavy atom. The first-order chi connectivity index (χ1) is 23.6. The van der Waals surface area contributed by atoms with Crippen molar-refractivity contribution in [2.24, 2.45) is 11.7 Å². The number of fused-ring (bicyclic) bond motifs is 2. The second-order valence-electron chi connectivity index (χ2n) is 14.3. The molecule has 4 heterocycles. The Labute approximate surface area is 304 Å². The minimum atomic E-state index is -1.18. The van der Waals surface area contributed by atoms with Crippen LogP contribution in [-0.4, -0.2) is 89.6 Å². The summed E-state index contributed by atoms with van der Waals surface area (Å²) in [4.78, 5) is 58.7. The molecule has 0 bridgehead atoms. The number of aromatic nitrogens is 6. The van der Waals surface area contributed by atoms with E-state index in [9.17, 15) is 19.2 Å². The van der Waals surface area contributed by atoms with Crippen LogP contribution in [-0.2, 0) is 9.47 Å². The molecule has 6 rings (SSSR count). The van der Waals surface area contributed by atoms with E-state index in [1.54, 1.807) is 48.6 Å². The smallest absolute Gasteiger partial charge is 0.415 e. The normalized spacial score (nSPS) is 14.2. The van der Waals surface area contributed by atoms with Crippen molar-refractivity contribution in [2.75, 3.05) is 23.9 Å². The van der Waals surface area contributed by atoms with Gasteiger partial charge in [-0.05, 0) is 73.1 Å². The molecular formula is C33H43Cl2N9O7. The summed E-state index contributed by atoms with van der Waals surface area (Å²) in [5.74, 6) is -0.0919. The highest BCUT2D eigenvalue weighted by atomic mass is 35.5. The van der Waals surface area contributed by atoms with Crippen LogP contribution in [0, 0.1) is 5.92 Å². The topological polar surface area (TPSA) is 200 Å². The van der Waals surface area contributed by atoms with Crippen LogP contribution < -0.4 is 15.5 Å². The first kappa shape index (κ1) is 39.2. The lowest BCUT2D eigenvalue weighted by molar-refractivity contribution is 0.0577. The molecule has 2 amide bonds. The van der Waals surface area contributed by atoms with Gasteiger partial charge in [-0.25, -0.2) is 24.4 Å². The highest BCUT2D eigenvalue weighted by Gasteiger charge is 2.29. The number of ketones is 1. The molecule has 2 aliphatic carbocycles. The molecule has 276 valence electrons. The Balaban J connectivity index is 0.000000207. The molecule has 0 atom stereocenters. The number of anilines is 2. The molecule has 3 N–H and O–H groups in total. The largest absolute Gasteiger partial charge is 0.477 e. The number of hydrogen-bond acceptors (Lipinski definition) is 11. The number of ether oxygens (including phenoxy) is 2. The van der Waals surface area contributed by atoms with Crippen molar-refractivity contribution >= 4 is 70.1 Å². The Kier molecular flexibility index (Phi) is 11.8. The fraction of sp³-hybridized carbons (Fsp3) is 0.515. The molecule has 0 saturated heterocycles. The van der Waals surface area contributed by atoms with Gasteiger partial charge in [-0.2, -0.15) is 19.2 Å². The summed E-state index contributed by atoms with van der Waals surface area (Å²) in [5, 5.41) is 17.5. The van der Waals surface area contributed by atoms with Gasteiger partial charge in [0, 0.05) is 38.7 Å². The first-order valence-corrected chi connectivity index (χ1v) is 16.9. The van der Waals surface area contributed by atoms with Crippen LogP contribution in [0.3, 0.4) is 0 Å². The predicted octanol–water partition coefficient (Wildman–Crippen LogP) is 6.30. The van der Waals surface area contributed by atoms with Gasteiger partial charge >= 0.3 is 18.2 Å². The van der Waals surface area contributed by atoms with E-state index in [2.05, 4.69) is 20.2 Å². The summed E-state index contributed by atoms with van der Waals surface area (Å²) in [6, 6.07) is 3.50. The molecule has 18 heteroatoms. The molecule has 0 spiro atoms. The van der Waals surface area contributed by atoms with Crippen molar-refractivity contribution in [2.45, 2.75) is 90.9 Å². The van der Waals surface area contributed by atoms with E-state index in [-0.39, 0.29) is 33.1 Å². The van der Waals surface area contributed by atoms with E-state index in [4.69, 9.17) is 43.5 Å². The average molecular weight is 749 g/mol. The van der Waals surface area contributed by atoms with Gasteiger partial charge in [0.1, 0.15) is 38.7 Å². The van der Waals surface area contributed by atoms with E-state index in [0.29, 0.717) is 35.4 Å². The number of carboxylic acid groups (broad SMARTS) is 1. The molecule has 2 saturated carbocycles. The third kappa shape index (κ3) is 10.7. The van der Waals surface area contributed by atoms with E-state index in [0.717, 1.165) is 19.0 Å². The van der Waals surface area contributed by atoms with E-state index < -0.39 is 29.4 Å². The van der Waals surface area contributed by atoms with Gasteiger partial charge in [0.05, 0.1) is 18.0 Å². The third-order valence-electron chi connectivity index (χ3n) is 7.19.